The number of anilines is 1. The van der Waals surface area contributed by atoms with E-state index in [0.29, 0.717) is 44.5 Å². The third-order valence-corrected chi connectivity index (χ3v) is 5.22. The monoisotopic (exact) mass is 400 g/mol. The van der Waals surface area contributed by atoms with Crippen LogP contribution in [0.1, 0.15) is 24.8 Å². The van der Waals surface area contributed by atoms with Gasteiger partial charge in [-0.05, 0) is 49.1 Å². The molecule has 0 atom stereocenters. The van der Waals surface area contributed by atoms with Gasteiger partial charge in [0.2, 0.25) is 11.8 Å². The minimum atomic E-state index is -0.436. The number of amides is 2. The number of nitrogens with one attached hydrogen (secondary N) is 1. The smallest absolute Gasteiger partial charge is 0.227 e. The number of halogens is 1. The average molecular weight is 400 g/mol. The highest BCUT2D eigenvalue weighted by atomic mass is 19.1. The Balaban J connectivity index is 1.46. The van der Waals surface area contributed by atoms with Crippen molar-refractivity contribution >= 4 is 17.5 Å². The summed E-state index contributed by atoms with van der Waals surface area (Å²) in [5, 5.41) is 12.5. The Morgan fingerprint density at radius 1 is 1.21 bits per heavy atom. The molecule has 1 fully saturated rings. The number of hydrogen-bond acceptors (Lipinski definition) is 4. The summed E-state index contributed by atoms with van der Waals surface area (Å²) in [5.74, 6) is -0.566. The number of carbonyl (C=O) groups excluding carboxylic acids is 2. The van der Waals surface area contributed by atoms with Gasteiger partial charge in [-0.2, -0.15) is 0 Å². The van der Waals surface area contributed by atoms with Gasteiger partial charge in [-0.15, -0.1) is 0 Å². The Morgan fingerprint density at radius 2 is 1.93 bits per heavy atom. The molecule has 0 spiro atoms. The van der Waals surface area contributed by atoms with E-state index in [2.05, 4.69) is 5.32 Å². The second kappa shape index (κ2) is 9.41. The molecule has 2 aromatic rings. The number of hydrogen-bond donors (Lipinski definition) is 2. The highest BCUT2D eigenvalue weighted by molar-refractivity contribution is 5.94. The molecule has 0 aliphatic carbocycles. The van der Waals surface area contributed by atoms with Crippen LogP contribution in [0.25, 0.3) is 0 Å². The van der Waals surface area contributed by atoms with Crippen LogP contribution in [-0.4, -0.2) is 42.0 Å². The van der Waals surface area contributed by atoms with Gasteiger partial charge < -0.3 is 20.1 Å². The van der Waals surface area contributed by atoms with E-state index in [1.165, 1.54) is 19.2 Å². The lowest BCUT2D eigenvalue weighted by molar-refractivity contribution is -0.134. The quantitative estimate of drug-likeness (QED) is 0.729. The van der Waals surface area contributed by atoms with Gasteiger partial charge in [0.25, 0.3) is 0 Å². The summed E-state index contributed by atoms with van der Waals surface area (Å²) in [6, 6.07) is 11.3. The van der Waals surface area contributed by atoms with Crippen molar-refractivity contribution in [3.8, 4) is 11.5 Å². The van der Waals surface area contributed by atoms with Crippen LogP contribution in [0.5, 0.6) is 11.5 Å². The zero-order chi connectivity index (χ0) is 20.8. The third kappa shape index (κ3) is 5.25. The molecule has 0 bridgehead atoms. The molecule has 0 unspecified atom stereocenters. The first-order chi connectivity index (χ1) is 14.0. The Labute approximate surface area is 169 Å². The van der Waals surface area contributed by atoms with Gasteiger partial charge in [0.1, 0.15) is 5.75 Å². The Morgan fingerprint density at radius 3 is 2.59 bits per heavy atom. The van der Waals surface area contributed by atoms with E-state index in [9.17, 15) is 19.1 Å². The maximum atomic E-state index is 13.8. The van der Waals surface area contributed by atoms with Crippen molar-refractivity contribution in [3.63, 3.8) is 0 Å². The number of benzene rings is 2. The number of aromatic hydroxyl groups is 1. The fraction of sp³-hybridized carbons (Fsp3) is 0.364. The van der Waals surface area contributed by atoms with Gasteiger partial charge in [0.15, 0.2) is 11.6 Å². The lowest BCUT2D eigenvalue weighted by Crippen LogP contribution is -2.41. The van der Waals surface area contributed by atoms with Gasteiger partial charge >= 0.3 is 0 Å². The van der Waals surface area contributed by atoms with Crippen LogP contribution in [0, 0.1) is 11.7 Å². The van der Waals surface area contributed by atoms with Crippen molar-refractivity contribution in [2.24, 2.45) is 5.92 Å². The number of phenolic OH excluding ortho intramolecular Hbond substituents is 1. The number of rotatable bonds is 6. The number of piperidine rings is 1. The molecule has 2 aromatic carbocycles. The van der Waals surface area contributed by atoms with E-state index in [1.807, 2.05) is 0 Å². The van der Waals surface area contributed by atoms with E-state index in [-0.39, 0.29) is 29.2 Å². The first-order valence-electron chi connectivity index (χ1n) is 9.67. The molecule has 1 aliphatic rings. The highest BCUT2D eigenvalue weighted by Crippen LogP contribution is 2.25. The van der Waals surface area contributed by atoms with Gasteiger partial charge in [0.05, 0.1) is 12.8 Å². The molecule has 1 aliphatic heterocycles. The number of nitrogens with zero attached hydrogens (tertiary/aromatic N) is 1. The van der Waals surface area contributed by atoms with Crippen molar-refractivity contribution in [2.45, 2.75) is 25.7 Å². The number of carbonyl (C=O) groups is 2. The van der Waals surface area contributed by atoms with Crippen LogP contribution in [0.2, 0.25) is 0 Å². The van der Waals surface area contributed by atoms with Crippen LogP contribution in [-0.2, 0) is 16.0 Å². The number of phenols is 1. The molecule has 6 nitrogen and oxygen atoms in total. The van der Waals surface area contributed by atoms with E-state index < -0.39 is 5.82 Å². The first kappa shape index (κ1) is 20.6. The van der Waals surface area contributed by atoms with Crippen LogP contribution in [0.15, 0.2) is 42.5 Å². The molecular weight excluding hydrogens is 375 g/mol. The predicted molar refractivity (Wildman–Crippen MR) is 107 cm³/mol. The normalized spacial score (nSPS) is 14.5. The second-order valence-electron chi connectivity index (χ2n) is 7.13. The van der Waals surface area contributed by atoms with E-state index in [0.717, 1.165) is 5.56 Å². The van der Waals surface area contributed by atoms with Gasteiger partial charge in [-0.3, -0.25) is 9.59 Å². The Bertz CT molecular complexity index is 879. The van der Waals surface area contributed by atoms with Crippen LogP contribution >= 0.6 is 0 Å². The van der Waals surface area contributed by atoms with Crippen molar-refractivity contribution in [1.29, 1.82) is 0 Å². The SMILES string of the molecule is COc1ccc(CCC(=O)N2CCC(C(=O)Nc3ccccc3O)CC2)cc1F. The minimum Gasteiger partial charge on any atom is -0.506 e. The Kier molecular flexibility index (Phi) is 6.69. The van der Waals surface area contributed by atoms with Crippen LogP contribution < -0.4 is 10.1 Å². The second-order valence-corrected chi connectivity index (χ2v) is 7.13. The third-order valence-electron chi connectivity index (χ3n) is 5.22. The fourth-order valence-electron chi connectivity index (χ4n) is 3.48. The fourth-order valence-corrected chi connectivity index (χ4v) is 3.48. The predicted octanol–water partition coefficient (Wildman–Crippen LogP) is 3.35. The van der Waals surface area contributed by atoms with Crippen LogP contribution in [0.3, 0.4) is 0 Å². The van der Waals surface area contributed by atoms with Crippen molar-refractivity contribution in [1.82, 2.24) is 4.90 Å². The molecule has 3 rings (SSSR count). The van der Waals surface area contributed by atoms with E-state index in [4.69, 9.17) is 4.74 Å². The molecule has 29 heavy (non-hydrogen) atoms. The maximum absolute atomic E-state index is 13.8. The number of methoxy groups -OCH3 is 1. The zero-order valence-corrected chi connectivity index (χ0v) is 16.4. The number of likely N-dealkylation sites (tertiary alicyclic amines) is 1. The molecule has 1 heterocycles. The summed E-state index contributed by atoms with van der Waals surface area (Å²) in [6.45, 7) is 1.02. The van der Waals surface area contributed by atoms with Gasteiger partial charge in [0, 0.05) is 25.4 Å². The minimum absolute atomic E-state index is 0.000730. The lowest BCUT2D eigenvalue weighted by atomic mass is 9.95. The average Bonchev–Trinajstić information content (AvgIpc) is 2.74. The van der Waals surface area contributed by atoms with Crippen molar-refractivity contribution in [3.05, 3.63) is 53.8 Å². The summed E-state index contributed by atoms with van der Waals surface area (Å²) in [4.78, 5) is 26.6. The molecular formula is C22H25FN2O4. The standard InChI is InChI=1S/C22H25FN2O4/c1-29-20-8-6-15(14-17(20)23)7-9-21(27)25-12-10-16(11-13-25)22(28)24-18-4-2-3-5-19(18)26/h2-6,8,14,16,26H,7,9-13H2,1H3,(H,24,28). The lowest BCUT2D eigenvalue weighted by Gasteiger charge is -2.31. The topological polar surface area (TPSA) is 78.9 Å². The largest absolute Gasteiger partial charge is 0.506 e. The number of aryl methyl sites for hydroxylation is 1. The summed E-state index contributed by atoms with van der Waals surface area (Å²) in [5.41, 5.74) is 1.14. The molecule has 2 amide bonds. The zero-order valence-electron chi connectivity index (χ0n) is 16.4. The van der Waals surface area contributed by atoms with Crippen LogP contribution in [0.4, 0.5) is 10.1 Å². The first-order valence-corrected chi connectivity index (χ1v) is 9.67. The summed E-state index contributed by atoms with van der Waals surface area (Å²) >= 11 is 0. The molecule has 154 valence electrons. The van der Waals surface area contributed by atoms with E-state index in [1.54, 1.807) is 35.2 Å². The Hall–Kier alpha value is -3.09. The van der Waals surface area contributed by atoms with Gasteiger partial charge in [-0.1, -0.05) is 18.2 Å². The molecule has 2 N–H and O–H groups in total. The molecule has 0 saturated carbocycles. The maximum Gasteiger partial charge on any atom is 0.227 e. The number of ether oxygens (including phenoxy) is 1. The highest BCUT2D eigenvalue weighted by Gasteiger charge is 2.27. The van der Waals surface area contributed by atoms with Gasteiger partial charge in [-0.25, -0.2) is 4.39 Å². The van der Waals surface area contributed by atoms with Crippen molar-refractivity contribution in [2.75, 3.05) is 25.5 Å². The van der Waals surface area contributed by atoms with Crippen molar-refractivity contribution < 1.29 is 23.8 Å². The molecule has 0 aromatic heterocycles. The number of para-hydroxylation sites is 2. The summed E-state index contributed by atoms with van der Waals surface area (Å²) in [7, 11) is 1.41. The molecule has 1 saturated heterocycles. The summed E-state index contributed by atoms with van der Waals surface area (Å²) in [6.07, 6.45) is 1.89. The molecule has 0 radical (unpaired) electrons. The summed E-state index contributed by atoms with van der Waals surface area (Å²) < 4.78 is 18.7. The molecule has 7 heteroatoms. The van der Waals surface area contributed by atoms with E-state index >= 15 is 0 Å².